The van der Waals surface area contributed by atoms with E-state index >= 15 is 0 Å². The first-order valence-corrected chi connectivity index (χ1v) is 17.7. The molecular weight excluding hydrogens is 637 g/mol. The Hall–Kier alpha value is -7.04. The second-order valence-corrected chi connectivity index (χ2v) is 13.7. The molecule has 0 saturated heterocycles. The van der Waals surface area contributed by atoms with E-state index < -0.39 is 0 Å². The molecule has 8 aromatic carbocycles. The highest BCUT2D eigenvalue weighted by Crippen LogP contribution is 2.43. The van der Waals surface area contributed by atoms with Crippen LogP contribution in [0.3, 0.4) is 0 Å². The maximum absolute atomic E-state index is 6.62. The smallest absolute Gasteiger partial charge is 0.178 e. The summed E-state index contributed by atoms with van der Waals surface area (Å²) in [5, 5.41) is 9.21. The summed E-state index contributed by atoms with van der Waals surface area (Å²) >= 11 is 0. The molecule has 4 heteroatoms. The minimum absolute atomic E-state index is 0.781. The standard InChI is InChI=1S/C48H28N2O2/c1-2-11-31(12-3-1)49-39-16-7-4-13-32(39)37-27-29(21-25-41(37)49)30-22-26-42-38(28-30)33-14-5-8-17-40(33)50(42)43-18-10-20-45-46(43)36-24-23-35-34-15-6-9-19-44(34)51-47(35)48(36)52-45/h1-28H. The summed E-state index contributed by atoms with van der Waals surface area (Å²) in [5.41, 5.74) is 12.6. The highest BCUT2D eigenvalue weighted by atomic mass is 16.4. The molecule has 12 rings (SSSR count). The van der Waals surface area contributed by atoms with Gasteiger partial charge in [-0.1, -0.05) is 91.0 Å². The van der Waals surface area contributed by atoms with Gasteiger partial charge in [-0.25, -0.2) is 0 Å². The van der Waals surface area contributed by atoms with E-state index in [-0.39, 0.29) is 0 Å². The third-order valence-corrected chi connectivity index (χ3v) is 10.9. The van der Waals surface area contributed by atoms with Gasteiger partial charge in [0.05, 0.1) is 33.1 Å². The first-order chi connectivity index (χ1) is 25.8. The Morgan fingerprint density at radius 2 is 0.865 bits per heavy atom. The first-order valence-electron chi connectivity index (χ1n) is 17.7. The number of hydrogen-bond donors (Lipinski definition) is 0. The van der Waals surface area contributed by atoms with E-state index in [0.29, 0.717) is 0 Å². The average molecular weight is 665 g/mol. The number of rotatable bonds is 3. The highest BCUT2D eigenvalue weighted by Gasteiger charge is 2.21. The van der Waals surface area contributed by atoms with Gasteiger partial charge in [-0.05, 0) is 90.0 Å². The molecule has 0 unspecified atom stereocenters. The maximum Gasteiger partial charge on any atom is 0.178 e. The van der Waals surface area contributed by atoms with Gasteiger partial charge in [0.1, 0.15) is 11.2 Å². The summed E-state index contributed by atoms with van der Waals surface area (Å²) in [6.07, 6.45) is 0. The lowest BCUT2D eigenvalue weighted by atomic mass is 10.0. The van der Waals surface area contributed by atoms with Crippen molar-refractivity contribution in [2.45, 2.75) is 0 Å². The fraction of sp³-hybridized carbons (Fsp3) is 0. The van der Waals surface area contributed by atoms with Gasteiger partial charge in [-0.15, -0.1) is 0 Å². The minimum Gasteiger partial charge on any atom is -0.452 e. The van der Waals surface area contributed by atoms with Crippen molar-refractivity contribution in [3.8, 4) is 22.5 Å². The first kappa shape index (κ1) is 27.7. The fourth-order valence-electron chi connectivity index (χ4n) is 8.65. The molecule has 4 heterocycles. The number of fused-ring (bicyclic) bond motifs is 13. The predicted octanol–water partition coefficient (Wildman–Crippen LogP) is 13.3. The van der Waals surface area contributed by atoms with E-state index in [1.54, 1.807) is 0 Å². The molecule has 4 nitrogen and oxygen atoms in total. The second kappa shape index (κ2) is 10.3. The van der Waals surface area contributed by atoms with Crippen LogP contribution in [0, 0.1) is 0 Å². The van der Waals surface area contributed by atoms with Crippen LogP contribution in [0.1, 0.15) is 0 Å². The summed E-state index contributed by atoms with van der Waals surface area (Å²) < 4.78 is 17.8. The summed E-state index contributed by atoms with van der Waals surface area (Å²) in [6, 6.07) is 60.7. The quantitative estimate of drug-likeness (QED) is 0.188. The lowest BCUT2D eigenvalue weighted by molar-refractivity contribution is 0.633. The molecule has 12 aromatic rings. The van der Waals surface area contributed by atoms with E-state index in [2.05, 4.69) is 167 Å². The van der Waals surface area contributed by atoms with Gasteiger partial charge >= 0.3 is 0 Å². The molecule has 0 aliphatic heterocycles. The van der Waals surface area contributed by atoms with Crippen LogP contribution in [0.4, 0.5) is 0 Å². The van der Waals surface area contributed by atoms with Gasteiger partial charge in [0.2, 0.25) is 0 Å². The zero-order chi connectivity index (χ0) is 33.9. The molecule has 0 spiro atoms. The molecular formula is C48H28N2O2. The van der Waals surface area contributed by atoms with E-state index in [4.69, 9.17) is 8.83 Å². The minimum atomic E-state index is 0.781. The third kappa shape index (κ3) is 3.70. The molecule has 0 saturated carbocycles. The van der Waals surface area contributed by atoms with Crippen LogP contribution in [0.2, 0.25) is 0 Å². The molecule has 0 aliphatic rings. The number of hydrogen-bond acceptors (Lipinski definition) is 2. The second-order valence-electron chi connectivity index (χ2n) is 13.7. The van der Waals surface area contributed by atoms with Crippen LogP contribution in [-0.4, -0.2) is 9.13 Å². The molecule has 0 fully saturated rings. The van der Waals surface area contributed by atoms with Gasteiger partial charge in [-0.2, -0.15) is 0 Å². The Bertz CT molecular complexity index is 3410. The van der Waals surface area contributed by atoms with Crippen molar-refractivity contribution in [3.63, 3.8) is 0 Å². The zero-order valence-corrected chi connectivity index (χ0v) is 27.9. The molecule has 0 atom stereocenters. The fourth-order valence-corrected chi connectivity index (χ4v) is 8.65. The van der Waals surface area contributed by atoms with E-state index in [1.165, 1.54) is 43.7 Å². The Morgan fingerprint density at radius 1 is 0.327 bits per heavy atom. The van der Waals surface area contributed by atoms with Gasteiger partial charge in [-0.3, -0.25) is 0 Å². The topological polar surface area (TPSA) is 36.1 Å². The monoisotopic (exact) mass is 664 g/mol. The number of nitrogens with zero attached hydrogens (tertiary/aromatic N) is 2. The van der Waals surface area contributed by atoms with Gasteiger partial charge < -0.3 is 18.0 Å². The largest absolute Gasteiger partial charge is 0.452 e. The van der Waals surface area contributed by atoms with E-state index in [9.17, 15) is 0 Å². The van der Waals surface area contributed by atoms with Crippen molar-refractivity contribution in [2.24, 2.45) is 0 Å². The van der Waals surface area contributed by atoms with Gasteiger partial charge in [0.25, 0.3) is 0 Å². The number of furan rings is 2. The SMILES string of the molecule is c1ccc(-n2c3ccccc3c3cc(-c4ccc5c(c4)c4ccccc4n5-c4cccc5oc6c(ccc7c8ccccc8oc76)c45)ccc32)cc1. The Morgan fingerprint density at radius 3 is 1.62 bits per heavy atom. The zero-order valence-electron chi connectivity index (χ0n) is 27.9. The van der Waals surface area contributed by atoms with Crippen LogP contribution in [0.5, 0.6) is 0 Å². The lowest BCUT2D eigenvalue weighted by Crippen LogP contribution is -1.94. The molecule has 0 radical (unpaired) electrons. The van der Waals surface area contributed by atoms with E-state index in [0.717, 1.165) is 66.3 Å². The molecule has 4 aromatic heterocycles. The number of benzene rings is 8. The van der Waals surface area contributed by atoms with E-state index in [1.807, 2.05) is 12.1 Å². The Labute approximate surface area is 296 Å². The molecule has 0 amide bonds. The number of para-hydroxylation sites is 4. The summed E-state index contributed by atoms with van der Waals surface area (Å²) in [5.74, 6) is 0. The Kier molecular flexibility index (Phi) is 5.47. The summed E-state index contributed by atoms with van der Waals surface area (Å²) in [7, 11) is 0. The van der Waals surface area contributed by atoms with Crippen LogP contribution in [0.25, 0.3) is 110 Å². The predicted molar refractivity (Wildman–Crippen MR) is 215 cm³/mol. The molecule has 242 valence electrons. The summed E-state index contributed by atoms with van der Waals surface area (Å²) in [4.78, 5) is 0. The van der Waals surface area contributed by atoms with Crippen molar-refractivity contribution >= 4 is 87.5 Å². The van der Waals surface area contributed by atoms with Crippen molar-refractivity contribution in [1.29, 1.82) is 0 Å². The molecule has 0 bridgehead atoms. The highest BCUT2D eigenvalue weighted by molar-refractivity contribution is 6.21. The van der Waals surface area contributed by atoms with Crippen LogP contribution < -0.4 is 0 Å². The van der Waals surface area contributed by atoms with Gasteiger partial charge in [0.15, 0.2) is 11.2 Å². The normalized spacial score (nSPS) is 12.2. The van der Waals surface area contributed by atoms with Crippen LogP contribution in [0.15, 0.2) is 179 Å². The molecule has 0 N–H and O–H groups in total. The Balaban J connectivity index is 1.08. The molecule has 0 aliphatic carbocycles. The van der Waals surface area contributed by atoms with Crippen molar-refractivity contribution < 1.29 is 8.83 Å². The average Bonchev–Trinajstić information content (AvgIpc) is 3.95. The van der Waals surface area contributed by atoms with Gasteiger partial charge in [0, 0.05) is 43.4 Å². The van der Waals surface area contributed by atoms with Crippen molar-refractivity contribution in [3.05, 3.63) is 170 Å². The van der Waals surface area contributed by atoms with Crippen molar-refractivity contribution in [2.75, 3.05) is 0 Å². The van der Waals surface area contributed by atoms with Crippen molar-refractivity contribution in [1.82, 2.24) is 9.13 Å². The lowest BCUT2D eigenvalue weighted by Gasteiger charge is -2.10. The van der Waals surface area contributed by atoms with Crippen LogP contribution >= 0.6 is 0 Å². The maximum atomic E-state index is 6.62. The molecule has 52 heavy (non-hydrogen) atoms. The van der Waals surface area contributed by atoms with Crippen LogP contribution in [-0.2, 0) is 0 Å². The third-order valence-electron chi connectivity index (χ3n) is 10.9. The number of aromatic nitrogens is 2. The summed E-state index contributed by atoms with van der Waals surface area (Å²) in [6.45, 7) is 0.